The van der Waals surface area contributed by atoms with Gasteiger partial charge in [0.2, 0.25) is 0 Å². The Hall–Kier alpha value is -1.80. The van der Waals surface area contributed by atoms with Crippen LogP contribution in [0.5, 0.6) is 5.75 Å². The van der Waals surface area contributed by atoms with Gasteiger partial charge in [0.05, 0.1) is 12.7 Å². The molecule has 132 valence electrons. The molecule has 2 nitrogen and oxygen atoms in total. The highest BCUT2D eigenvalue weighted by atomic mass is 16.5. The third-order valence-electron chi connectivity index (χ3n) is 5.84. The molecular weight excluding hydrogens is 308 g/mol. The van der Waals surface area contributed by atoms with Gasteiger partial charge in [-0.1, -0.05) is 42.4 Å². The van der Waals surface area contributed by atoms with E-state index in [4.69, 9.17) is 9.47 Å². The van der Waals surface area contributed by atoms with Crippen LogP contribution in [0.15, 0.2) is 53.1 Å². The van der Waals surface area contributed by atoms with Gasteiger partial charge in [0, 0.05) is 18.1 Å². The fourth-order valence-electron chi connectivity index (χ4n) is 4.34. The van der Waals surface area contributed by atoms with Crippen molar-refractivity contribution in [2.45, 2.75) is 58.0 Å². The molecule has 2 atom stereocenters. The Morgan fingerprint density at radius 3 is 2.72 bits per heavy atom. The lowest BCUT2D eigenvalue weighted by atomic mass is 9.79. The Bertz CT molecular complexity index is 738. The first-order valence-electron chi connectivity index (χ1n) is 9.67. The van der Waals surface area contributed by atoms with Crippen LogP contribution >= 0.6 is 0 Å². The molecule has 0 N–H and O–H groups in total. The molecule has 1 heterocycles. The zero-order valence-corrected chi connectivity index (χ0v) is 15.4. The summed E-state index contributed by atoms with van der Waals surface area (Å²) in [4.78, 5) is 0. The Labute approximate surface area is 151 Å². The van der Waals surface area contributed by atoms with E-state index in [1.165, 1.54) is 40.7 Å². The lowest BCUT2D eigenvalue weighted by Gasteiger charge is -2.32. The van der Waals surface area contributed by atoms with Gasteiger partial charge in [0.25, 0.3) is 0 Å². The molecule has 3 aliphatic rings. The molecule has 1 aromatic rings. The summed E-state index contributed by atoms with van der Waals surface area (Å²) < 4.78 is 12.6. The minimum absolute atomic E-state index is 0.101. The van der Waals surface area contributed by atoms with Crippen molar-refractivity contribution in [1.29, 1.82) is 0 Å². The van der Waals surface area contributed by atoms with E-state index >= 15 is 0 Å². The Morgan fingerprint density at radius 1 is 1.00 bits per heavy atom. The Morgan fingerprint density at radius 2 is 1.84 bits per heavy atom. The van der Waals surface area contributed by atoms with Gasteiger partial charge >= 0.3 is 0 Å². The zero-order chi connectivity index (χ0) is 17.2. The van der Waals surface area contributed by atoms with Crippen molar-refractivity contribution < 1.29 is 9.47 Å². The van der Waals surface area contributed by atoms with Crippen LogP contribution in [0, 0.1) is 0 Å². The largest absolute Gasteiger partial charge is 0.493 e. The second kappa shape index (κ2) is 7.21. The normalized spacial score (nSPS) is 26.6. The van der Waals surface area contributed by atoms with Gasteiger partial charge in [-0.25, -0.2) is 0 Å². The SMILES string of the molecule is CC1=C(C)C2=CC=CC3OCCCCCCOc4cccc(c4C23)C1. The number of rotatable bonds is 0. The van der Waals surface area contributed by atoms with E-state index in [2.05, 4.69) is 50.3 Å². The fraction of sp³-hybridized carbons (Fsp3) is 0.478. The molecular formula is C23H28O2. The molecule has 0 radical (unpaired) electrons. The lowest BCUT2D eigenvalue weighted by molar-refractivity contribution is 0.0683. The van der Waals surface area contributed by atoms with Crippen LogP contribution in [0.1, 0.15) is 56.6 Å². The van der Waals surface area contributed by atoms with Crippen molar-refractivity contribution in [2.75, 3.05) is 13.2 Å². The van der Waals surface area contributed by atoms with Crippen LogP contribution in [0.3, 0.4) is 0 Å². The maximum atomic E-state index is 6.37. The van der Waals surface area contributed by atoms with Crippen molar-refractivity contribution in [1.82, 2.24) is 0 Å². The predicted molar refractivity (Wildman–Crippen MR) is 102 cm³/mol. The van der Waals surface area contributed by atoms with Gasteiger partial charge in [-0.05, 0) is 62.3 Å². The van der Waals surface area contributed by atoms with Gasteiger partial charge in [-0.2, -0.15) is 0 Å². The third-order valence-corrected chi connectivity index (χ3v) is 5.84. The van der Waals surface area contributed by atoms with Gasteiger partial charge < -0.3 is 9.47 Å². The molecule has 2 aliphatic carbocycles. The highest BCUT2D eigenvalue weighted by Crippen LogP contribution is 2.46. The maximum Gasteiger partial charge on any atom is 0.123 e. The standard InChI is InChI=1S/C23H28O2/c1-16-15-18-9-7-11-20-22(18)23-19(17(16)2)10-8-12-21(23)25-14-6-4-3-5-13-24-20/h7-12,21,23H,3-6,13-15H2,1-2H3. The van der Waals surface area contributed by atoms with Crippen molar-refractivity contribution >= 4 is 0 Å². The van der Waals surface area contributed by atoms with Crippen molar-refractivity contribution in [3.8, 4) is 5.75 Å². The third kappa shape index (κ3) is 3.20. The average molecular weight is 336 g/mol. The number of benzene rings is 1. The van der Waals surface area contributed by atoms with E-state index in [0.29, 0.717) is 0 Å². The first-order chi connectivity index (χ1) is 12.3. The van der Waals surface area contributed by atoms with Crippen LogP contribution in [0.25, 0.3) is 0 Å². The van der Waals surface area contributed by atoms with E-state index in [0.717, 1.165) is 38.2 Å². The first-order valence-corrected chi connectivity index (χ1v) is 9.67. The van der Waals surface area contributed by atoms with Crippen molar-refractivity contribution in [2.24, 2.45) is 0 Å². The van der Waals surface area contributed by atoms with Gasteiger partial charge in [-0.15, -0.1) is 0 Å². The molecule has 0 bridgehead atoms. The number of ether oxygens (including phenoxy) is 2. The quantitative estimate of drug-likeness (QED) is 0.623. The van der Waals surface area contributed by atoms with E-state index in [1.54, 1.807) is 0 Å². The molecule has 0 amide bonds. The number of hydrogen-bond donors (Lipinski definition) is 0. The second-order valence-corrected chi connectivity index (χ2v) is 7.49. The molecule has 1 aromatic carbocycles. The van der Waals surface area contributed by atoms with E-state index in [1.807, 2.05) is 0 Å². The molecule has 0 saturated heterocycles. The zero-order valence-electron chi connectivity index (χ0n) is 15.4. The topological polar surface area (TPSA) is 18.5 Å². The number of allylic oxidation sites excluding steroid dienone is 4. The predicted octanol–water partition coefficient (Wildman–Crippen LogP) is 5.50. The molecule has 0 spiro atoms. The lowest BCUT2D eigenvalue weighted by Crippen LogP contribution is -2.26. The average Bonchev–Trinajstić information content (AvgIpc) is 2.72. The highest BCUT2D eigenvalue weighted by Gasteiger charge is 2.35. The molecule has 0 aromatic heterocycles. The first kappa shape index (κ1) is 16.7. The minimum atomic E-state index is 0.101. The minimum Gasteiger partial charge on any atom is -0.493 e. The second-order valence-electron chi connectivity index (χ2n) is 7.49. The molecule has 4 rings (SSSR count). The summed E-state index contributed by atoms with van der Waals surface area (Å²) in [5, 5.41) is 0. The van der Waals surface area contributed by atoms with E-state index in [-0.39, 0.29) is 12.0 Å². The van der Waals surface area contributed by atoms with Crippen molar-refractivity contribution in [3.63, 3.8) is 0 Å². The molecule has 2 heteroatoms. The maximum absolute atomic E-state index is 6.37. The van der Waals surface area contributed by atoms with Gasteiger partial charge in [-0.3, -0.25) is 0 Å². The van der Waals surface area contributed by atoms with Gasteiger partial charge in [0.15, 0.2) is 0 Å². The van der Waals surface area contributed by atoms with Crippen LogP contribution in [0.4, 0.5) is 0 Å². The number of hydrogen-bond acceptors (Lipinski definition) is 2. The van der Waals surface area contributed by atoms with Crippen LogP contribution in [-0.4, -0.2) is 19.3 Å². The van der Waals surface area contributed by atoms with E-state index < -0.39 is 0 Å². The van der Waals surface area contributed by atoms with Crippen LogP contribution < -0.4 is 4.74 Å². The molecule has 0 saturated carbocycles. The smallest absolute Gasteiger partial charge is 0.123 e. The highest BCUT2D eigenvalue weighted by molar-refractivity contribution is 5.58. The summed E-state index contributed by atoms with van der Waals surface area (Å²) in [6.07, 6.45) is 12.5. The fourth-order valence-corrected chi connectivity index (χ4v) is 4.34. The molecule has 1 aliphatic heterocycles. The monoisotopic (exact) mass is 336 g/mol. The van der Waals surface area contributed by atoms with Gasteiger partial charge in [0.1, 0.15) is 5.75 Å². The summed E-state index contributed by atoms with van der Waals surface area (Å²) in [6.45, 7) is 6.19. The Kier molecular flexibility index (Phi) is 4.80. The summed E-state index contributed by atoms with van der Waals surface area (Å²) in [5.74, 6) is 1.30. The summed E-state index contributed by atoms with van der Waals surface area (Å²) in [5.41, 5.74) is 7.00. The summed E-state index contributed by atoms with van der Waals surface area (Å²) in [6, 6.07) is 6.56. The summed E-state index contributed by atoms with van der Waals surface area (Å²) >= 11 is 0. The van der Waals surface area contributed by atoms with Crippen LogP contribution in [0.2, 0.25) is 0 Å². The molecule has 0 fully saturated rings. The Balaban J connectivity index is 1.86. The summed E-state index contributed by atoms with van der Waals surface area (Å²) in [7, 11) is 0. The van der Waals surface area contributed by atoms with Crippen molar-refractivity contribution in [3.05, 3.63) is 64.3 Å². The van der Waals surface area contributed by atoms with E-state index in [9.17, 15) is 0 Å². The molecule has 25 heavy (non-hydrogen) atoms. The van der Waals surface area contributed by atoms with Crippen LogP contribution in [-0.2, 0) is 11.2 Å². The molecule has 2 unspecified atom stereocenters.